The van der Waals surface area contributed by atoms with Crippen molar-refractivity contribution in [1.29, 1.82) is 0 Å². The molecule has 1 aliphatic rings. The van der Waals surface area contributed by atoms with Crippen LogP contribution in [0.15, 0.2) is 18.2 Å². The Morgan fingerprint density at radius 2 is 1.94 bits per heavy atom. The molecule has 2 rings (SSSR count). The quantitative estimate of drug-likeness (QED) is 0.885. The third-order valence-corrected chi connectivity index (χ3v) is 4.58. The number of hydrogen-bond donors (Lipinski definition) is 1. The molecule has 1 saturated carbocycles. The molecule has 1 atom stereocenters. The molecule has 18 heavy (non-hydrogen) atoms. The van der Waals surface area contributed by atoms with Crippen LogP contribution in [-0.2, 0) is 0 Å². The van der Waals surface area contributed by atoms with Crippen LogP contribution in [0.2, 0.25) is 0 Å². The van der Waals surface area contributed by atoms with Gasteiger partial charge in [0.25, 0.3) is 0 Å². The van der Waals surface area contributed by atoms with Gasteiger partial charge in [0.1, 0.15) is 0 Å². The molecule has 0 spiro atoms. The third kappa shape index (κ3) is 2.19. The molecule has 100 valence electrons. The number of rotatable bonds is 4. The maximum absolute atomic E-state index is 6.11. The van der Waals surface area contributed by atoms with E-state index in [1.54, 1.807) is 0 Å². The lowest BCUT2D eigenvalue weighted by Crippen LogP contribution is -2.47. The van der Waals surface area contributed by atoms with Crippen molar-refractivity contribution in [2.75, 3.05) is 20.6 Å². The summed E-state index contributed by atoms with van der Waals surface area (Å²) in [4.78, 5) is 2.35. The molecule has 0 aromatic heterocycles. The summed E-state index contributed by atoms with van der Waals surface area (Å²) in [5, 5.41) is 0. The van der Waals surface area contributed by atoms with Gasteiger partial charge >= 0.3 is 0 Å². The molecule has 0 heterocycles. The van der Waals surface area contributed by atoms with Gasteiger partial charge in [0.15, 0.2) is 0 Å². The number of nitrogens with two attached hydrogens (primary N) is 1. The molecule has 1 aliphatic carbocycles. The van der Waals surface area contributed by atoms with Gasteiger partial charge in [0, 0.05) is 11.5 Å². The number of aryl methyl sites for hydroxylation is 2. The van der Waals surface area contributed by atoms with Gasteiger partial charge in [-0.25, -0.2) is 0 Å². The van der Waals surface area contributed by atoms with Crippen LogP contribution >= 0.6 is 0 Å². The summed E-state index contributed by atoms with van der Waals surface area (Å²) in [5.41, 5.74) is 10.6. The lowest BCUT2D eigenvalue weighted by molar-refractivity contribution is 0.0278. The minimum Gasteiger partial charge on any atom is -0.330 e. The summed E-state index contributed by atoms with van der Waals surface area (Å²) in [6, 6.07) is 7.23. The molecule has 0 saturated heterocycles. The Labute approximate surface area is 111 Å². The van der Waals surface area contributed by atoms with Crippen LogP contribution in [0.4, 0.5) is 0 Å². The maximum atomic E-state index is 6.11. The monoisotopic (exact) mass is 246 g/mol. The molecule has 1 aromatic carbocycles. The topological polar surface area (TPSA) is 29.3 Å². The second-order valence-electron chi connectivity index (χ2n) is 6.15. The zero-order valence-electron chi connectivity index (χ0n) is 12.2. The average molecular weight is 246 g/mol. The lowest BCUT2D eigenvalue weighted by Gasteiger charge is -2.50. The largest absolute Gasteiger partial charge is 0.330 e. The van der Waals surface area contributed by atoms with E-state index in [1.807, 2.05) is 0 Å². The summed E-state index contributed by atoms with van der Waals surface area (Å²) < 4.78 is 0. The van der Waals surface area contributed by atoms with E-state index in [4.69, 9.17) is 5.73 Å². The first kappa shape index (κ1) is 13.6. The summed E-state index contributed by atoms with van der Waals surface area (Å²) in [7, 11) is 4.37. The molecule has 2 N–H and O–H groups in total. The second kappa shape index (κ2) is 5.02. The van der Waals surface area contributed by atoms with E-state index in [0.29, 0.717) is 11.5 Å². The van der Waals surface area contributed by atoms with E-state index in [-0.39, 0.29) is 0 Å². The minimum absolute atomic E-state index is 0.294. The molecule has 0 amide bonds. The van der Waals surface area contributed by atoms with E-state index in [9.17, 15) is 0 Å². The van der Waals surface area contributed by atoms with Crippen molar-refractivity contribution in [3.05, 3.63) is 34.9 Å². The fourth-order valence-corrected chi connectivity index (χ4v) is 3.43. The highest BCUT2D eigenvalue weighted by Crippen LogP contribution is 2.52. The van der Waals surface area contributed by atoms with Crippen molar-refractivity contribution in [2.24, 2.45) is 11.1 Å². The van der Waals surface area contributed by atoms with Crippen molar-refractivity contribution in [2.45, 2.75) is 39.2 Å². The van der Waals surface area contributed by atoms with Crippen LogP contribution in [0.3, 0.4) is 0 Å². The average Bonchev–Trinajstić information content (AvgIpc) is 2.26. The van der Waals surface area contributed by atoms with Crippen molar-refractivity contribution >= 4 is 0 Å². The molecule has 2 heteroatoms. The normalized spacial score (nSPS) is 19.7. The molecule has 0 radical (unpaired) electrons. The molecule has 1 fully saturated rings. The van der Waals surface area contributed by atoms with Crippen LogP contribution in [0.25, 0.3) is 0 Å². The minimum atomic E-state index is 0.294. The first-order valence-corrected chi connectivity index (χ1v) is 6.94. The second-order valence-corrected chi connectivity index (χ2v) is 6.15. The number of benzene rings is 1. The number of nitrogens with zero attached hydrogens (tertiary/aromatic N) is 1. The van der Waals surface area contributed by atoms with Crippen LogP contribution in [-0.4, -0.2) is 25.5 Å². The zero-order chi connectivity index (χ0) is 13.3. The van der Waals surface area contributed by atoms with Gasteiger partial charge in [0.2, 0.25) is 0 Å². The Morgan fingerprint density at radius 1 is 1.28 bits per heavy atom. The Balaban J connectivity index is 2.44. The fraction of sp³-hybridized carbons (Fsp3) is 0.625. The molecule has 2 nitrogen and oxygen atoms in total. The summed E-state index contributed by atoms with van der Waals surface area (Å²) in [6.45, 7) is 5.18. The highest BCUT2D eigenvalue weighted by Gasteiger charge is 2.45. The zero-order valence-corrected chi connectivity index (χ0v) is 12.2. The van der Waals surface area contributed by atoms with Crippen LogP contribution in [0.5, 0.6) is 0 Å². The van der Waals surface area contributed by atoms with Crippen molar-refractivity contribution in [1.82, 2.24) is 4.90 Å². The highest BCUT2D eigenvalue weighted by atomic mass is 15.1. The summed E-state index contributed by atoms with van der Waals surface area (Å²) in [5.74, 6) is 0. The van der Waals surface area contributed by atoms with E-state index in [1.165, 1.54) is 36.0 Å². The van der Waals surface area contributed by atoms with Gasteiger partial charge < -0.3 is 10.6 Å². The SMILES string of the molecule is Cc1ccc(C)c(C(N(C)C)C2(CN)CCC2)c1. The van der Waals surface area contributed by atoms with Gasteiger partial charge in [-0.2, -0.15) is 0 Å². The molecular formula is C16H26N2. The number of hydrogen-bond acceptors (Lipinski definition) is 2. The summed E-state index contributed by atoms with van der Waals surface area (Å²) in [6.07, 6.45) is 3.85. The first-order chi connectivity index (χ1) is 8.50. The predicted molar refractivity (Wildman–Crippen MR) is 77.7 cm³/mol. The first-order valence-electron chi connectivity index (χ1n) is 6.94. The van der Waals surface area contributed by atoms with E-state index >= 15 is 0 Å². The van der Waals surface area contributed by atoms with Crippen molar-refractivity contribution in [3.63, 3.8) is 0 Å². The van der Waals surface area contributed by atoms with Gasteiger partial charge in [0.05, 0.1) is 0 Å². The van der Waals surface area contributed by atoms with Crippen LogP contribution < -0.4 is 5.73 Å². The fourth-order valence-electron chi connectivity index (χ4n) is 3.43. The third-order valence-electron chi connectivity index (χ3n) is 4.58. The lowest BCUT2D eigenvalue weighted by atomic mass is 9.61. The van der Waals surface area contributed by atoms with E-state index < -0.39 is 0 Å². The van der Waals surface area contributed by atoms with Crippen molar-refractivity contribution in [3.8, 4) is 0 Å². The van der Waals surface area contributed by atoms with Crippen LogP contribution in [0.1, 0.15) is 42.0 Å². The Kier molecular flexibility index (Phi) is 3.79. The standard InChI is InChI=1S/C16H26N2/c1-12-6-7-13(2)14(10-12)15(18(3)4)16(11-17)8-5-9-16/h6-7,10,15H,5,8-9,11,17H2,1-4H3. The highest BCUT2D eigenvalue weighted by molar-refractivity contribution is 5.35. The van der Waals surface area contributed by atoms with Crippen molar-refractivity contribution < 1.29 is 0 Å². The van der Waals surface area contributed by atoms with Gasteiger partial charge in [-0.05, 0) is 58.5 Å². The van der Waals surface area contributed by atoms with Gasteiger partial charge in [-0.1, -0.05) is 30.2 Å². The molecule has 1 unspecified atom stereocenters. The predicted octanol–water partition coefficient (Wildman–Crippen LogP) is 3.04. The van der Waals surface area contributed by atoms with Crippen LogP contribution in [0, 0.1) is 19.3 Å². The molecule has 0 bridgehead atoms. The Morgan fingerprint density at radius 3 is 2.39 bits per heavy atom. The van der Waals surface area contributed by atoms with E-state index in [0.717, 1.165) is 6.54 Å². The molecule has 1 aromatic rings. The van der Waals surface area contributed by atoms with E-state index in [2.05, 4.69) is 51.0 Å². The molecule has 0 aliphatic heterocycles. The summed E-state index contributed by atoms with van der Waals surface area (Å²) >= 11 is 0. The Bertz CT molecular complexity index is 414. The Hall–Kier alpha value is -0.860. The molecular weight excluding hydrogens is 220 g/mol. The van der Waals surface area contributed by atoms with Gasteiger partial charge in [-0.3, -0.25) is 0 Å². The van der Waals surface area contributed by atoms with Gasteiger partial charge in [-0.15, -0.1) is 0 Å². The maximum Gasteiger partial charge on any atom is 0.0413 e. The smallest absolute Gasteiger partial charge is 0.0413 e.